The molecule has 0 spiro atoms. The molecule has 81 heavy (non-hydrogen) atoms. The van der Waals surface area contributed by atoms with Crippen molar-refractivity contribution in [3.63, 3.8) is 0 Å². The highest BCUT2D eigenvalue weighted by atomic mass is 16.7. The minimum absolute atomic E-state index is 0.0105. The summed E-state index contributed by atoms with van der Waals surface area (Å²) in [6, 6.07) is -1.05. The Balaban J connectivity index is 2.70. The molecule has 0 bridgehead atoms. The van der Waals surface area contributed by atoms with Crippen LogP contribution in [0.15, 0.2) is 134 Å². The first-order valence-corrected chi connectivity index (χ1v) is 32.0. The molecule has 0 aromatic heterocycles. The summed E-state index contributed by atoms with van der Waals surface area (Å²) >= 11 is 0. The Morgan fingerprint density at radius 1 is 0.494 bits per heavy atom. The van der Waals surface area contributed by atoms with Gasteiger partial charge < -0.3 is 45.1 Å². The molecule has 1 aliphatic rings. The van der Waals surface area contributed by atoms with Crippen LogP contribution in [0.3, 0.4) is 0 Å². The van der Waals surface area contributed by atoms with Crippen molar-refractivity contribution in [3.8, 4) is 0 Å². The Labute approximate surface area is 493 Å². The number of amides is 1. The van der Waals surface area contributed by atoms with Crippen LogP contribution < -0.4 is 5.32 Å². The molecule has 1 aliphatic heterocycles. The van der Waals surface area contributed by atoms with Crippen LogP contribution in [0.5, 0.6) is 0 Å². The van der Waals surface area contributed by atoms with E-state index in [4.69, 9.17) is 14.2 Å². The molecule has 460 valence electrons. The summed E-state index contributed by atoms with van der Waals surface area (Å²) in [5.41, 5.74) is 0. The first-order valence-electron chi connectivity index (χ1n) is 32.0. The Kier molecular flexibility index (Phi) is 52.0. The standard InChI is InChI=1S/C70H115NO10/c1-4-7-10-13-16-19-22-24-26-28-30-31-32-34-35-37-39-42-45-48-51-54-57-63(74)69(78)71-61(62(73)56-53-50-47-44-41-21-18-15-12-9-6-3)60-79-70-68(67(77)66(76)64(59-72)80-70)81-65(75)58-55-52-49-46-43-40-38-36-33-29-27-25-23-20-17-14-11-8-5-2/h8,11,16-17,19-20,24-27,30-31,33-36,40,43,49,52-53,56,61-64,66-68,70,72-74,76-77H,4-7,9-10,12-15,18,21-23,28-29,32,37-39,41-42,44-48,50-51,54-55,57-60H2,1-3H3,(H,71,78)/b11-8-,19-16-,20-17-,26-24-,27-25-,31-30-,35-34-,36-33-,43-40-,52-49-,56-53+. The van der Waals surface area contributed by atoms with E-state index in [1.807, 2.05) is 18.2 Å². The third kappa shape index (κ3) is 44.1. The van der Waals surface area contributed by atoms with Crippen LogP contribution in [-0.4, -0.2) is 99.6 Å². The fraction of sp³-hybridized carbons (Fsp3) is 0.657. The van der Waals surface area contributed by atoms with E-state index in [1.165, 1.54) is 64.2 Å². The minimum atomic E-state index is -1.66. The number of ether oxygens (including phenoxy) is 3. The zero-order valence-electron chi connectivity index (χ0n) is 50.8. The van der Waals surface area contributed by atoms with Crippen molar-refractivity contribution in [1.82, 2.24) is 5.32 Å². The molecule has 0 saturated carbocycles. The van der Waals surface area contributed by atoms with Gasteiger partial charge in [-0.1, -0.05) is 251 Å². The molecule has 8 atom stereocenters. The molecular weight excluding hydrogens is 1010 g/mol. The molecule has 0 aliphatic carbocycles. The second-order valence-corrected chi connectivity index (χ2v) is 21.4. The van der Waals surface area contributed by atoms with Gasteiger partial charge in [0.15, 0.2) is 12.4 Å². The molecule has 0 aromatic carbocycles. The number of nitrogens with one attached hydrogen (secondary N) is 1. The summed E-state index contributed by atoms with van der Waals surface area (Å²) in [5.74, 6) is -1.31. The fourth-order valence-corrected chi connectivity index (χ4v) is 9.01. The van der Waals surface area contributed by atoms with Crippen LogP contribution in [0, 0.1) is 0 Å². The lowest BCUT2D eigenvalue weighted by Crippen LogP contribution is -2.61. The molecule has 1 rings (SSSR count). The lowest BCUT2D eigenvalue weighted by Gasteiger charge is -2.41. The van der Waals surface area contributed by atoms with Crippen molar-refractivity contribution in [2.24, 2.45) is 0 Å². The van der Waals surface area contributed by atoms with Gasteiger partial charge in [-0.15, -0.1) is 0 Å². The Morgan fingerprint density at radius 2 is 0.889 bits per heavy atom. The second-order valence-electron chi connectivity index (χ2n) is 21.4. The van der Waals surface area contributed by atoms with E-state index in [-0.39, 0.29) is 19.4 Å². The summed E-state index contributed by atoms with van der Waals surface area (Å²) in [5, 5.41) is 57.0. The number of allylic oxidation sites excluding steroid dienone is 21. The van der Waals surface area contributed by atoms with E-state index in [9.17, 15) is 35.1 Å². The van der Waals surface area contributed by atoms with E-state index in [0.29, 0.717) is 19.3 Å². The molecule has 11 nitrogen and oxygen atoms in total. The number of rotatable bonds is 52. The smallest absolute Gasteiger partial charge is 0.306 e. The highest BCUT2D eigenvalue weighted by Crippen LogP contribution is 2.26. The third-order valence-electron chi connectivity index (χ3n) is 14.0. The first-order chi connectivity index (χ1) is 39.7. The maximum atomic E-state index is 13.4. The van der Waals surface area contributed by atoms with Crippen LogP contribution in [0.25, 0.3) is 0 Å². The number of carbonyl (C=O) groups is 2. The molecular formula is C70H115NO10. The largest absolute Gasteiger partial charge is 0.454 e. The van der Waals surface area contributed by atoms with Crippen molar-refractivity contribution in [2.45, 2.75) is 282 Å². The van der Waals surface area contributed by atoms with Crippen LogP contribution in [0.4, 0.5) is 0 Å². The fourth-order valence-electron chi connectivity index (χ4n) is 9.01. The lowest BCUT2D eigenvalue weighted by molar-refractivity contribution is -0.305. The van der Waals surface area contributed by atoms with Gasteiger partial charge in [-0.05, 0) is 109 Å². The molecule has 1 heterocycles. The van der Waals surface area contributed by atoms with Gasteiger partial charge in [-0.25, -0.2) is 0 Å². The van der Waals surface area contributed by atoms with E-state index in [2.05, 4.69) is 135 Å². The average Bonchev–Trinajstić information content (AvgIpc) is 3.50. The van der Waals surface area contributed by atoms with Gasteiger partial charge in [0.2, 0.25) is 5.91 Å². The molecule has 0 radical (unpaired) electrons. The molecule has 11 heteroatoms. The van der Waals surface area contributed by atoms with E-state index >= 15 is 0 Å². The van der Waals surface area contributed by atoms with Crippen LogP contribution in [0.2, 0.25) is 0 Å². The maximum Gasteiger partial charge on any atom is 0.306 e. The molecule has 6 N–H and O–H groups in total. The van der Waals surface area contributed by atoms with Crippen molar-refractivity contribution < 1.29 is 49.3 Å². The van der Waals surface area contributed by atoms with Crippen molar-refractivity contribution in [3.05, 3.63) is 134 Å². The van der Waals surface area contributed by atoms with E-state index < -0.39 is 67.4 Å². The number of esters is 1. The van der Waals surface area contributed by atoms with Crippen molar-refractivity contribution >= 4 is 11.9 Å². The van der Waals surface area contributed by atoms with Gasteiger partial charge in [0.05, 0.1) is 25.4 Å². The summed E-state index contributed by atoms with van der Waals surface area (Å²) in [6.45, 7) is 5.58. The van der Waals surface area contributed by atoms with Crippen molar-refractivity contribution in [1.29, 1.82) is 0 Å². The zero-order chi connectivity index (χ0) is 58.9. The van der Waals surface area contributed by atoms with Crippen LogP contribution in [-0.2, 0) is 23.8 Å². The summed E-state index contributed by atoms with van der Waals surface area (Å²) < 4.78 is 17.5. The summed E-state index contributed by atoms with van der Waals surface area (Å²) in [4.78, 5) is 26.5. The number of hydrogen-bond acceptors (Lipinski definition) is 10. The summed E-state index contributed by atoms with van der Waals surface area (Å²) in [6.07, 6.45) is 69.2. The van der Waals surface area contributed by atoms with Crippen LogP contribution >= 0.6 is 0 Å². The highest BCUT2D eigenvalue weighted by molar-refractivity contribution is 5.80. The van der Waals surface area contributed by atoms with Gasteiger partial charge in [0.25, 0.3) is 0 Å². The maximum absolute atomic E-state index is 13.4. The molecule has 1 fully saturated rings. The molecule has 1 saturated heterocycles. The Morgan fingerprint density at radius 3 is 1.36 bits per heavy atom. The van der Waals surface area contributed by atoms with E-state index in [1.54, 1.807) is 6.08 Å². The Hall–Kier alpha value is -4.20. The van der Waals surface area contributed by atoms with Gasteiger partial charge in [0.1, 0.15) is 24.4 Å². The van der Waals surface area contributed by atoms with Crippen molar-refractivity contribution in [2.75, 3.05) is 13.2 Å². The topological polar surface area (TPSA) is 175 Å². The first kappa shape index (κ1) is 74.8. The van der Waals surface area contributed by atoms with Crippen LogP contribution in [0.1, 0.15) is 233 Å². The second kappa shape index (κ2) is 56.3. The monoisotopic (exact) mass is 1130 g/mol. The van der Waals surface area contributed by atoms with Gasteiger partial charge in [-0.2, -0.15) is 0 Å². The lowest BCUT2D eigenvalue weighted by atomic mass is 9.99. The number of unbranched alkanes of at least 4 members (excludes halogenated alkanes) is 18. The van der Waals surface area contributed by atoms with E-state index in [0.717, 1.165) is 116 Å². The molecule has 0 aromatic rings. The quantitative estimate of drug-likeness (QED) is 0.0195. The SMILES string of the molecule is CC/C=C\C/C=C\C/C=C\C/C=C\C/C=C\C/C=C\CCC(=O)OC1C(OCC(NC(=O)C(O)CCCCCCCC/C=C\C/C=C\C/C=C\C/C=C\CCCCC)C(O)/C=C/CCCCCCCCCCC)OC(CO)C(O)C1O. The minimum Gasteiger partial charge on any atom is -0.454 e. The molecule has 8 unspecified atom stereocenters. The van der Waals surface area contributed by atoms with Gasteiger partial charge in [0, 0.05) is 6.42 Å². The van der Waals surface area contributed by atoms with Gasteiger partial charge in [-0.3, -0.25) is 9.59 Å². The molecule has 1 amide bonds. The summed E-state index contributed by atoms with van der Waals surface area (Å²) in [7, 11) is 0. The zero-order valence-corrected chi connectivity index (χ0v) is 50.8. The number of hydrogen-bond donors (Lipinski definition) is 6. The number of aliphatic hydroxyl groups excluding tert-OH is 5. The third-order valence-corrected chi connectivity index (χ3v) is 14.0. The number of aliphatic hydroxyl groups is 5. The highest BCUT2D eigenvalue weighted by Gasteiger charge is 2.47. The predicted octanol–water partition coefficient (Wildman–Crippen LogP) is 15.6. The predicted molar refractivity (Wildman–Crippen MR) is 337 cm³/mol. The number of carbonyl (C=O) groups excluding carboxylic acids is 2. The Bertz CT molecular complexity index is 1830. The van der Waals surface area contributed by atoms with Gasteiger partial charge >= 0.3 is 5.97 Å². The average molecular weight is 1130 g/mol. The normalized spacial score (nSPS) is 19.6.